The van der Waals surface area contributed by atoms with Crippen molar-refractivity contribution in [2.45, 2.75) is 45.3 Å². The fraction of sp³-hybridized carbons (Fsp3) is 0.579. The SMILES string of the molecule is CCn1cc2c(n1)CN(Cc1cccnc1)C[C@H]2COCC1CC1. The summed E-state index contributed by atoms with van der Waals surface area (Å²) in [5, 5.41) is 4.77. The lowest BCUT2D eigenvalue weighted by atomic mass is 9.95. The molecule has 1 aliphatic carbocycles. The molecule has 1 atom stereocenters. The lowest BCUT2D eigenvalue weighted by molar-refractivity contribution is 0.0890. The fourth-order valence-electron chi connectivity index (χ4n) is 3.46. The molecule has 1 saturated carbocycles. The molecule has 1 aliphatic heterocycles. The zero-order valence-electron chi connectivity index (χ0n) is 14.4. The average Bonchev–Trinajstić information content (AvgIpc) is 3.32. The second kappa shape index (κ2) is 7.03. The van der Waals surface area contributed by atoms with Gasteiger partial charge in [0.05, 0.1) is 12.3 Å². The van der Waals surface area contributed by atoms with Crippen LogP contribution in [0, 0.1) is 5.92 Å². The van der Waals surface area contributed by atoms with E-state index in [4.69, 9.17) is 9.84 Å². The normalized spacial score (nSPS) is 21.0. The van der Waals surface area contributed by atoms with Crippen molar-refractivity contribution in [2.24, 2.45) is 5.92 Å². The minimum atomic E-state index is 0.421. The quantitative estimate of drug-likeness (QED) is 0.785. The molecule has 5 nitrogen and oxygen atoms in total. The van der Waals surface area contributed by atoms with Crippen LogP contribution in [-0.2, 0) is 24.4 Å². The summed E-state index contributed by atoms with van der Waals surface area (Å²) in [7, 11) is 0. The van der Waals surface area contributed by atoms with Crippen molar-refractivity contribution in [3.8, 4) is 0 Å². The first-order chi connectivity index (χ1) is 11.8. The number of nitrogens with zero attached hydrogens (tertiary/aromatic N) is 4. The summed E-state index contributed by atoms with van der Waals surface area (Å²) in [5.74, 6) is 1.24. The van der Waals surface area contributed by atoms with Crippen LogP contribution in [0.25, 0.3) is 0 Å². The van der Waals surface area contributed by atoms with Crippen LogP contribution in [0.15, 0.2) is 30.7 Å². The molecule has 1 fully saturated rings. The molecule has 0 aromatic carbocycles. The highest BCUT2D eigenvalue weighted by Crippen LogP contribution is 2.31. The first kappa shape index (κ1) is 15.8. The van der Waals surface area contributed by atoms with Gasteiger partial charge in [0.2, 0.25) is 0 Å². The molecule has 0 spiro atoms. The molecule has 0 amide bonds. The minimum absolute atomic E-state index is 0.421. The van der Waals surface area contributed by atoms with Gasteiger partial charge in [0, 0.05) is 62.9 Å². The summed E-state index contributed by atoms with van der Waals surface area (Å²) in [5.41, 5.74) is 3.86. The first-order valence-corrected chi connectivity index (χ1v) is 9.07. The summed E-state index contributed by atoms with van der Waals surface area (Å²) in [4.78, 5) is 6.71. The molecule has 0 unspecified atom stereocenters. The fourth-order valence-corrected chi connectivity index (χ4v) is 3.46. The third-order valence-corrected chi connectivity index (χ3v) is 4.98. The molecule has 0 saturated heterocycles. The molecule has 0 radical (unpaired) electrons. The van der Waals surface area contributed by atoms with E-state index in [1.54, 1.807) is 0 Å². The highest BCUT2D eigenvalue weighted by Gasteiger charge is 2.29. The summed E-state index contributed by atoms with van der Waals surface area (Å²) in [6.07, 6.45) is 8.70. The van der Waals surface area contributed by atoms with Crippen LogP contribution in [0.4, 0.5) is 0 Å². The molecule has 2 aromatic rings. The van der Waals surface area contributed by atoms with Crippen molar-refractivity contribution in [1.82, 2.24) is 19.7 Å². The van der Waals surface area contributed by atoms with Crippen molar-refractivity contribution < 1.29 is 4.74 Å². The van der Waals surface area contributed by atoms with Crippen molar-refractivity contribution in [3.63, 3.8) is 0 Å². The van der Waals surface area contributed by atoms with Crippen molar-refractivity contribution in [2.75, 3.05) is 19.8 Å². The van der Waals surface area contributed by atoms with Crippen LogP contribution in [0.1, 0.15) is 42.5 Å². The first-order valence-electron chi connectivity index (χ1n) is 9.07. The van der Waals surface area contributed by atoms with Gasteiger partial charge < -0.3 is 4.74 Å². The van der Waals surface area contributed by atoms with Crippen LogP contribution < -0.4 is 0 Å². The van der Waals surface area contributed by atoms with Crippen LogP contribution in [0.2, 0.25) is 0 Å². The molecular formula is C19H26N4O. The largest absolute Gasteiger partial charge is 0.380 e. The molecule has 0 bridgehead atoms. The van der Waals surface area contributed by atoms with E-state index in [9.17, 15) is 0 Å². The summed E-state index contributed by atoms with van der Waals surface area (Å²) >= 11 is 0. The van der Waals surface area contributed by atoms with E-state index in [2.05, 4.69) is 33.8 Å². The van der Waals surface area contributed by atoms with Gasteiger partial charge in [0.15, 0.2) is 0 Å². The van der Waals surface area contributed by atoms with Gasteiger partial charge in [0.25, 0.3) is 0 Å². The number of ether oxygens (including phenoxy) is 1. The lowest BCUT2D eigenvalue weighted by Crippen LogP contribution is -2.35. The van der Waals surface area contributed by atoms with Gasteiger partial charge >= 0.3 is 0 Å². The smallest absolute Gasteiger partial charge is 0.0801 e. The molecule has 0 N–H and O–H groups in total. The topological polar surface area (TPSA) is 43.2 Å². The predicted molar refractivity (Wildman–Crippen MR) is 92.5 cm³/mol. The maximum atomic E-state index is 6.02. The van der Waals surface area contributed by atoms with Gasteiger partial charge in [-0.3, -0.25) is 14.6 Å². The number of rotatable bonds is 7. The van der Waals surface area contributed by atoms with Crippen molar-refractivity contribution in [1.29, 1.82) is 0 Å². The van der Waals surface area contributed by atoms with Gasteiger partial charge in [-0.15, -0.1) is 0 Å². The third-order valence-electron chi connectivity index (χ3n) is 4.98. The zero-order valence-corrected chi connectivity index (χ0v) is 14.4. The monoisotopic (exact) mass is 326 g/mol. The second-order valence-electron chi connectivity index (χ2n) is 7.10. The number of fused-ring (bicyclic) bond motifs is 1. The Morgan fingerprint density at radius 1 is 1.29 bits per heavy atom. The Hall–Kier alpha value is -1.72. The van der Waals surface area contributed by atoms with Crippen LogP contribution in [0.3, 0.4) is 0 Å². The third kappa shape index (κ3) is 3.68. The number of aryl methyl sites for hydroxylation is 1. The van der Waals surface area contributed by atoms with Gasteiger partial charge in [-0.2, -0.15) is 5.10 Å². The Kier molecular flexibility index (Phi) is 4.63. The number of aromatic nitrogens is 3. The Bertz CT molecular complexity index is 665. The van der Waals surface area contributed by atoms with Crippen LogP contribution >= 0.6 is 0 Å². The lowest BCUT2D eigenvalue weighted by Gasteiger charge is -2.32. The molecule has 2 aliphatic rings. The number of hydrogen-bond donors (Lipinski definition) is 0. The maximum absolute atomic E-state index is 6.02. The van der Waals surface area contributed by atoms with Crippen molar-refractivity contribution >= 4 is 0 Å². The van der Waals surface area contributed by atoms with E-state index in [1.165, 1.54) is 29.7 Å². The number of pyridine rings is 1. The summed E-state index contributed by atoms with van der Waals surface area (Å²) < 4.78 is 8.08. The molecule has 5 heteroatoms. The van der Waals surface area contributed by atoms with E-state index < -0.39 is 0 Å². The van der Waals surface area contributed by atoms with Crippen molar-refractivity contribution in [3.05, 3.63) is 47.5 Å². The molecular weight excluding hydrogens is 300 g/mol. The average molecular weight is 326 g/mol. The Balaban J connectivity index is 1.47. The highest BCUT2D eigenvalue weighted by molar-refractivity contribution is 5.26. The summed E-state index contributed by atoms with van der Waals surface area (Å²) in [6, 6.07) is 4.15. The Morgan fingerprint density at radius 2 is 2.21 bits per heavy atom. The predicted octanol–water partition coefficient (Wildman–Crippen LogP) is 2.82. The Morgan fingerprint density at radius 3 is 2.96 bits per heavy atom. The molecule has 128 valence electrons. The van der Waals surface area contributed by atoms with E-state index >= 15 is 0 Å². The van der Waals surface area contributed by atoms with E-state index in [0.29, 0.717) is 5.92 Å². The minimum Gasteiger partial charge on any atom is -0.380 e. The van der Waals surface area contributed by atoms with Gasteiger partial charge in [-0.25, -0.2) is 0 Å². The highest BCUT2D eigenvalue weighted by atomic mass is 16.5. The van der Waals surface area contributed by atoms with Gasteiger partial charge in [-0.05, 0) is 37.3 Å². The molecule has 24 heavy (non-hydrogen) atoms. The van der Waals surface area contributed by atoms with Crippen LogP contribution in [-0.4, -0.2) is 39.4 Å². The van der Waals surface area contributed by atoms with Gasteiger partial charge in [0.1, 0.15) is 0 Å². The van der Waals surface area contributed by atoms with Gasteiger partial charge in [-0.1, -0.05) is 6.07 Å². The summed E-state index contributed by atoms with van der Waals surface area (Å²) in [6.45, 7) is 7.66. The maximum Gasteiger partial charge on any atom is 0.0801 e. The van der Waals surface area contributed by atoms with E-state index in [-0.39, 0.29) is 0 Å². The standard InChI is InChI=1S/C19H26N4O/c1-2-23-11-18-17(14-24-13-15-5-6-15)10-22(12-19(18)21-23)9-16-4-3-7-20-8-16/h3-4,7-8,11,15,17H,2,5-6,9-10,12-14H2,1H3/t17-/m0/s1. The molecule has 4 rings (SSSR count). The van der Waals surface area contributed by atoms with E-state index in [0.717, 1.165) is 45.3 Å². The zero-order chi connectivity index (χ0) is 16.4. The molecule has 2 aromatic heterocycles. The van der Waals surface area contributed by atoms with Crippen LogP contribution in [0.5, 0.6) is 0 Å². The Labute approximate surface area is 143 Å². The number of hydrogen-bond acceptors (Lipinski definition) is 4. The molecule has 3 heterocycles. The second-order valence-corrected chi connectivity index (χ2v) is 7.10. The van der Waals surface area contributed by atoms with E-state index in [1.807, 2.05) is 18.5 Å².